The largest absolute Gasteiger partial charge is 0.478 e. The maximum absolute atomic E-state index is 10.8. The summed E-state index contributed by atoms with van der Waals surface area (Å²) in [4.78, 5) is 21.5. The van der Waals surface area contributed by atoms with Gasteiger partial charge < -0.3 is 21.3 Å². The highest BCUT2D eigenvalue weighted by atomic mass is 16.4. The molecule has 0 amide bonds. The Morgan fingerprint density at radius 3 is 2.19 bits per heavy atom. The Balaban J connectivity index is 3.22. The molecule has 0 aliphatic rings. The number of rotatable bonds is 3. The van der Waals surface area contributed by atoms with Gasteiger partial charge in [-0.05, 0) is 18.2 Å². The van der Waals surface area contributed by atoms with E-state index in [1.807, 2.05) is 0 Å². The molecule has 16 heavy (non-hydrogen) atoms. The van der Waals surface area contributed by atoms with Crippen LogP contribution in [0.15, 0.2) is 18.2 Å². The van der Waals surface area contributed by atoms with Crippen LogP contribution in [-0.4, -0.2) is 28.1 Å². The van der Waals surface area contributed by atoms with E-state index in [4.69, 9.17) is 21.4 Å². The highest BCUT2D eigenvalue weighted by Gasteiger charge is 2.16. The lowest BCUT2D eigenvalue weighted by molar-refractivity contribution is 0.0651. The fourth-order valence-electron chi connectivity index (χ4n) is 1.14. The molecule has 1 aromatic carbocycles. The van der Waals surface area contributed by atoms with Gasteiger partial charge in [0.25, 0.3) is 0 Å². The van der Waals surface area contributed by atoms with Crippen LogP contribution in [0.3, 0.4) is 0 Å². The Morgan fingerprint density at radius 1 is 1.19 bits per heavy atom. The molecule has 7 heteroatoms. The van der Waals surface area contributed by atoms with Crippen LogP contribution in [0.4, 0.5) is 5.69 Å². The quantitative estimate of drug-likeness (QED) is 0.371. The standard InChI is InChI=1S/C9H9N3O4/c10-9(11)12-4-1-2-5(7(13)14)6(3-4)8(15)16/h1-3H,(H,13,14)(H,15,16)(H4,10,11,12). The molecule has 0 unspecified atom stereocenters. The van der Waals surface area contributed by atoms with E-state index in [2.05, 4.69) is 5.32 Å². The van der Waals surface area contributed by atoms with Crippen LogP contribution < -0.4 is 11.1 Å². The maximum atomic E-state index is 10.8. The maximum Gasteiger partial charge on any atom is 0.336 e. The summed E-state index contributed by atoms with van der Waals surface area (Å²) in [5.74, 6) is -3.05. The summed E-state index contributed by atoms with van der Waals surface area (Å²) in [5.41, 5.74) is 4.62. The predicted molar refractivity (Wildman–Crippen MR) is 55.9 cm³/mol. The molecule has 0 saturated carbocycles. The van der Waals surface area contributed by atoms with Crippen LogP contribution in [0.5, 0.6) is 0 Å². The third kappa shape index (κ3) is 2.47. The number of carboxylic acids is 2. The van der Waals surface area contributed by atoms with E-state index < -0.39 is 11.9 Å². The van der Waals surface area contributed by atoms with Crippen molar-refractivity contribution in [3.8, 4) is 0 Å². The highest BCUT2D eigenvalue weighted by molar-refractivity contribution is 6.03. The van der Waals surface area contributed by atoms with Crippen molar-refractivity contribution in [1.29, 1.82) is 5.41 Å². The monoisotopic (exact) mass is 223 g/mol. The van der Waals surface area contributed by atoms with Gasteiger partial charge in [-0.25, -0.2) is 9.59 Å². The van der Waals surface area contributed by atoms with Crippen molar-refractivity contribution >= 4 is 23.6 Å². The third-order valence-electron chi connectivity index (χ3n) is 1.76. The smallest absolute Gasteiger partial charge is 0.336 e. The van der Waals surface area contributed by atoms with E-state index in [0.29, 0.717) is 0 Å². The molecule has 0 bridgehead atoms. The normalized spacial score (nSPS) is 9.50. The molecular formula is C9H9N3O4. The first-order chi connectivity index (χ1) is 7.41. The molecule has 0 aromatic heterocycles. The molecule has 0 atom stereocenters. The lowest BCUT2D eigenvalue weighted by Gasteiger charge is -2.06. The van der Waals surface area contributed by atoms with Crippen molar-refractivity contribution in [2.24, 2.45) is 5.73 Å². The zero-order chi connectivity index (χ0) is 12.3. The Morgan fingerprint density at radius 2 is 1.75 bits per heavy atom. The number of hydrogen-bond donors (Lipinski definition) is 5. The molecule has 0 aliphatic carbocycles. The van der Waals surface area contributed by atoms with Gasteiger partial charge in [0.1, 0.15) is 0 Å². The number of benzene rings is 1. The SMILES string of the molecule is N=C(N)Nc1ccc(C(=O)O)c(C(=O)O)c1. The summed E-state index contributed by atoms with van der Waals surface area (Å²) in [7, 11) is 0. The number of nitrogens with one attached hydrogen (secondary N) is 2. The van der Waals surface area contributed by atoms with Gasteiger partial charge >= 0.3 is 11.9 Å². The van der Waals surface area contributed by atoms with E-state index >= 15 is 0 Å². The average Bonchev–Trinajstić information content (AvgIpc) is 2.16. The number of carboxylic acid groups (broad SMARTS) is 2. The number of hydrogen-bond acceptors (Lipinski definition) is 3. The molecule has 84 valence electrons. The fourth-order valence-corrected chi connectivity index (χ4v) is 1.14. The summed E-state index contributed by atoms with van der Waals surface area (Å²) in [6.07, 6.45) is 0. The predicted octanol–water partition coefficient (Wildman–Crippen LogP) is 0.388. The van der Waals surface area contributed by atoms with Gasteiger partial charge in [-0.3, -0.25) is 5.41 Å². The van der Waals surface area contributed by atoms with Gasteiger partial charge in [-0.15, -0.1) is 0 Å². The van der Waals surface area contributed by atoms with Crippen molar-refractivity contribution in [3.05, 3.63) is 29.3 Å². The van der Waals surface area contributed by atoms with Crippen LogP contribution >= 0.6 is 0 Å². The second-order valence-corrected chi connectivity index (χ2v) is 2.91. The fraction of sp³-hybridized carbons (Fsp3) is 0. The Bertz CT molecular complexity index is 470. The third-order valence-corrected chi connectivity index (χ3v) is 1.76. The van der Waals surface area contributed by atoms with E-state index in [9.17, 15) is 9.59 Å². The Labute approximate surface area is 90.0 Å². The second kappa shape index (κ2) is 4.30. The van der Waals surface area contributed by atoms with Crippen LogP contribution in [0.25, 0.3) is 0 Å². The molecule has 1 aromatic rings. The number of guanidine groups is 1. The van der Waals surface area contributed by atoms with E-state index in [0.717, 1.165) is 12.1 Å². The summed E-state index contributed by atoms with van der Waals surface area (Å²) < 4.78 is 0. The zero-order valence-electron chi connectivity index (χ0n) is 8.02. The van der Waals surface area contributed by atoms with Crippen LogP contribution in [0.2, 0.25) is 0 Å². The van der Waals surface area contributed by atoms with Gasteiger partial charge in [0, 0.05) is 5.69 Å². The number of nitrogens with two attached hydrogens (primary N) is 1. The van der Waals surface area contributed by atoms with Crippen LogP contribution in [-0.2, 0) is 0 Å². The highest BCUT2D eigenvalue weighted by Crippen LogP contribution is 2.16. The van der Waals surface area contributed by atoms with Crippen molar-refractivity contribution < 1.29 is 19.8 Å². The van der Waals surface area contributed by atoms with Gasteiger partial charge in [-0.1, -0.05) is 0 Å². The summed E-state index contributed by atoms with van der Waals surface area (Å²) in [6.45, 7) is 0. The minimum Gasteiger partial charge on any atom is -0.478 e. The summed E-state index contributed by atoms with van der Waals surface area (Å²) >= 11 is 0. The van der Waals surface area contributed by atoms with Gasteiger partial charge in [-0.2, -0.15) is 0 Å². The van der Waals surface area contributed by atoms with Crippen LogP contribution in [0, 0.1) is 5.41 Å². The summed E-state index contributed by atoms with van der Waals surface area (Å²) in [5, 5.41) is 26.9. The molecule has 6 N–H and O–H groups in total. The Kier molecular flexibility index (Phi) is 3.09. The van der Waals surface area contributed by atoms with Gasteiger partial charge in [0.05, 0.1) is 11.1 Å². The van der Waals surface area contributed by atoms with Crippen molar-refractivity contribution in [1.82, 2.24) is 0 Å². The first-order valence-corrected chi connectivity index (χ1v) is 4.13. The first-order valence-electron chi connectivity index (χ1n) is 4.13. The summed E-state index contributed by atoms with van der Waals surface area (Å²) in [6, 6.07) is 3.57. The van der Waals surface area contributed by atoms with Gasteiger partial charge in [0.2, 0.25) is 0 Å². The topological polar surface area (TPSA) is 136 Å². The lowest BCUT2D eigenvalue weighted by Crippen LogP contribution is -2.21. The molecule has 0 heterocycles. The molecule has 7 nitrogen and oxygen atoms in total. The Hall–Kier alpha value is -2.57. The minimum absolute atomic E-state index is 0.245. The average molecular weight is 223 g/mol. The van der Waals surface area contributed by atoms with Crippen molar-refractivity contribution in [3.63, 3.8) is 0 Å². The van der Waals surface area contributed by atoms with E-state index in [1.165, 1.54) is 6.07 Å². The molecule has 0 fully saturated rings. The molecule has 0 saturated heterocycles. The molecule has 1 rings (SSSR count). The molecule has 0 aliphatic heterocycles. The zero-order valence-corrected chi connectivity index (χ0v) is 8.02. The first kappa shape index (κ1) is 11.5. The molecule has 0 spiro atoms. The number of carbonyl (C=O) groups is 2. The van der Waals surface area contributed by atoms with Crippen molar-refractivity contribution in [2.75, 3.05) is 5.32 Å². The number of aromatic carboxylic acids is 2. The van der Waals surface area contributed by atoms with Crippen LogP contribution in [0.1, 0.15) is 20.7 Å². The van der Waals surface area contributed by atoms with Crippen molar-refractivity contribution in [2.45, 2.75) is 0 Å². The van der Waals surface area contributed by atoms with E-state index in [1.54, 1.807) is 0 Å². The van der Waals surface area contributed by atoms with E-state index in [-0.39, 0.29) is 22.8 Å². The van der Waals surface area contributed by atoms with Gasteiger partial charge in [0.15, 0.2) is 5.96 Å². The second-order valence-electron chi connectivity index (χ2n) is 2.91. The number of anilines is 1. The lowest BCUT2D eigenvalue weighted by atomic mass is 10.1. The minimum atomic E-state index is -1.36. The molecular weight excluding hydrogens is 214 g/mol. The molecule has 0 radical (unpaired) electrons.